The number of aliphatic hydroxyl groups excluding tert-OH is 2. The zero-order chi connectivity index (χ0) is 13.1. The number of methoxy groups -OCH3 is 1. The van der Waals surface area contributed by atoms with E-state index in [1.165, 1.54) is 13.3 Å². The average molecular weight is 252 g/mol. The van der Waals surface area contributed by atoms with Gasteiger partial charge in [0.25, 0.3) is 0 Å². The zero-order valence-electron chi connectivity index (χ0n) is 10.1. The number of likely N-dealkylation sites (tertiary alicyclic amines) is 1. The molecule has 0 unspecified atom stereocenters. The third-order valence-corrected chi connectivity index (χ3v) is 2.97. The van der Waals surface area contributed by atoms with Crippen LogP contribution in [-0.2, 0) is 11.3 Å². The van der Waals surface area contributed by atoms with Crippen LogP contribution in [-0.4, -0.2) is 58.5 Å². The first-order valence-corrected chi connectivity index (χ1v) is 5.72. The number of carbonyl (C=O) groups is 1. The molecule has 0 saturated carbocycles. The van der Waals surface area contributed by atoms with Crippen LogP contribution in [0.1, 0.15) is 16.1 Å². The first kappa shape index (κ1) is 12.9. The van der Waals surface area contributed by atoms with Gasteiger partial charge < -0.3 is 14.9 Å². The molecule has 0 spiro atoms. The van der Waals surface area contributed by atoms with E-state index >= 15 is 0 Å². The largest absolute Gasteiger partial charge is 0.465 e. The normalized spacial score (nSPS) is 24.2. The highest BCUT2D eigenvalue weighted by atomic mass is 16.5. The van der Waals surface area contributed by atoms with E-state index in [2.05, 4.69) is 9.72 Å². The number of aliphatic hydroxyl groups is 2. The second-order valence-electron chi connectivity index (χ2n) is 4.36. The van der Waals surface area contributed by atoms with Crippen molar-refractivity contribution in [2.75, 3.05) is 20.2 Å². The Balaban J connectivity index is 1.97. The van der Waals surface area contributed by atoms with Crippen molar-refractivity contribution in [1.29, 1.82) is 0 Å². The molecule has 18 heavy (non-hydrogen) atoms. The van der Waals surface area contributed by atoms with Crippen LogP contribution in [0.4, 0.5) is 0 Å². The quantitative estimate of drug-likeness (QED) is 0.699. The van der Waals surface area contributed by atoms with E-state index < -0.39 is 18.2 Å². The van der Waals surface area contributed by atoms with E-state index in [4.69, 9.17) is 0 Å². The summed E-state index contributed by atoms with van der Waals surface area (Å²) in [5.41, 5.74) is 1.19. The molecule has 1 saturated heterocycles. The molecule has 0 aliphatic carbocycles. The summed E-state index contributed by atoms with van der Waals surface area (Å²) in [5.74, 6) is -0.416. The molecule has 0 aromatic carbocycles. The van der Waals surface area contributed by atoms with E-state index in [0.717, 1.165) is 5.69 Å². The second kappa shape index (κ2) is 5.43. The molecule has 1 aliphatic heterocycles. The van der Waals surface area contributed by atoms with Gasteiger partial charge in [0.2, 0.25) is 0 Å². The van der Waals surface area contributed by atoms with Crippen LogP contribution < -0.4 is 0 Å². The summed E-state index contributed by atoms with van der Waals surface area (Å²) >= 11 is 0. The van der Waals surface area contributed by atoms with Gasteiger partial charge in [-0.15, -0.1) is 0 Å². The number of esters is 1. The number of pyridine rings is 1. The molecule has 2 heterocycles. The number of carbonyl (C=O) groups excluding carboxylic acids is 1. The van der Waals surface area contributed by atoms with Crippen LogP contribution in [0.5, 0.6) is 0 Å². The molecule has 0 bridgehead atoms. The maximum absolute atomic E-state index is 11.2. The van der Waals surface area contributed by atoms with Gasteiger partial charge in [0, 0.05) is 25.8 Å². The summed E-state index contributed by atoms with van der Waals surface area (Å²) < 4.78 is 4.58. The molecule has 2 atom stereocenters. The van der Waals surface area contributed by atoms with Crippen LogP contribution in [0.3, 0.4) is 0 Å². The fourth-order valence-electron chi connectivity index (χ4n) is 1.96. The molecular weight excluding hydrogens is 236 g/mol. The van der Waals surface area contributed by atoms with Gasteiger partial charge in [0.15, 0.2) is 0 Å². The van der Waals surface area contributed by atoms with Gasteiger partial charge in [-0.3, -0.25) is 9.88 Å². The number of hydrogen-bond acceptors (Lipinski definition) is 6. The van der Waals surface area contributed by atoms with Gasteiger partial charge >= 0.3 is 5.97 Å². The van der Waals surface area contributed by atoms with Crippen molar-refractivity contribution in [3.05, 3.63) is 29.6 Å². The number of ether oxygens (including phenoxy) is 1. The minimum atomic E-state index is -0.695. The SMILES string of the molecule is COC(=O)c1ccc(CN2C[C@@H](O)[C@@H](O)C2)nc1. The predicted octanol–water partition coefficient (Wildman–Crippen LogP) is -0.594. The Kier molecular flexibility index (Phi) is 3.90. The van der Waals surface area contributed by atoms with Crippen LogP contribution >= 0.6 is 0 Å². The number of β-amino-alcohol motifs (C(OH)–C–C–N with tert-alkyl or cyclic N) is 2. The van der Waals surface area contributed by atoms with Gasteiger partial charge in [0.1, 0.15) is 0 Å². The summed E-state index contributed by atoms with van der Waals surface area (Å²) in [4.78, 5) is 17.3. The van der Waals surface area contributed by atoms with Crippen molar-refractivity contribution in [2.24, 2.45) is 0 Å². The molecule has 98 valence electrons. The summed E-state index contributed by atoms with van der Waals surface area (Å²) in [7, 11) is 1.32. The highest BCUT2D eigenvalue weighted by molar-refractivity contribution is 5.88. The smallest absolute Gasteiger partial charge is 0.339 e. The lowest BCUT2D eigenvalue weighted by Gasteiger charge is -2.13. The number of rotatable bonds is 3. The van der Waals surface area contributed by atoms with Crippen molar-refractivity contribution in [3.8, 4) is 0 Å². The zero-order valence-corrected chi connectivity index (χ0v) is 10.1. The minimum Gasteiger partial charge on any atom is -0.465 e. The molecule has 1 aromatic rings. The van der Waals surface area contributed by atoms with Gasteiger partial charge in [-0.05, 0) is 12.1 Å². The number of hydrogen-bond donors (Lipinski definition) is 2. The third kappa shape index (κ3) is 2.84. The lowest BCUT2D eigenvalue weighted by atomic mass is 10.2. The van der Waals surface area contributed by atoms with Crippen LogP contribution in [0.25, 0.3) is 0 Å². The van der Waals surface area contributed by atoms with Crippen molar-refractivity contribution in [2.45, 2.75) is 18.8 Å². The Morgan fingerprint density at radius 3 is 2.61 bits per heavy atom. The van der Waals surface area contributed by atoms with Crippen LogP contribution in [0, 0.1) is 0 Å². The molecule has 2 N–H and O–H groups in total. The summed E-state index contributed by atoms with van der Waals surface area (Å²) in [5, 5.41) is 18.8. The minimum absolute atomic E-state index is 0.405. The molecule has 0 amide bonds. The summed E-state index contributed by atoms with van der Waals surface area (Å²) in [6, 6.07) is 3.39. The maximum Gasteiger partial charge on any atom is 0.339 e. The van der Waals surface area contributed by atoms with E-state index in [1.807, 2.05) is 4.90 Å². The van der Waals surface area contributed by atoms with Crippen molar-refractivity contribution in [3.63, 3.8) is 0 Å². The van der Waals surface area contributed by atoms with E-state index in [-0.39, 0.29) is 0 Å². The molecule has 1 aliphatic rings. The molecule has 2 rings (SSSR count). The fraction of sp³-hybridized carbons (Fsp3) is 0.500. The topological polar surface area (TPSA) is 82.9 Å². The molecular formula is C12H16N2O4. The monoisotopic (exact) mass is 252 g/mol. The Morgan fingerprint density at radius 1 is 1.44 bits per heavy atom. The highest BCUT2D eigenvalue weighted by Gasteiger charge is 2.29. The fourth-order valence-corrected chi connectivity index (χ4v) is 1.96. The third-order valence-electron chi connectivity index (χ3n) is 2.97. The van der Waals surface area contributed by atoms with E-state index in [1.54, 1.807) is 12.1 Å². The van der Waals surface area contributed by atoms with Crippen molar-refractivity contribution >= 4 is 5.97 Å². The summed E-state index contributed by atoms with van der Waals surface area (Å²) in [6.45, 7) is 1.40. The van der Waals surface area contributed by atoms with Gasteiger partial charge in [-0.2, -0.15) is 0 Å². The van der Waals surface area contributed by atoms with E-state index in [9.17, 15) is 15.0 Å². The number of nitrogens with zero attached hydrogens (tertiary/aromatic N) is 2. The predicted molar refractivity (Wildman–Crippen MR) is 62.9 cm³/mol. The standard InChI is InChI=1S/C12H16N2O4/c1-18-12(17)8-2-3-9(13-4-8)5-14-6-10(15)11(16)7-14/h2-4,10-11,15-16H,5-7H2,1H3/t10-,11+. The molecule has 0 radical (unpaired) electrons. The lowest BCUT2D eigenvalue weighted by Crippen LogP contribution is -2.22. The van der Waals surface area contributed by atoms with Gasteiger partial charge in [-0.1, -0.05) is 0 Å². The Bertz CT molecular complexity index is 411. The Morgan fingerprint density at radius 2 is 2.11 bits per heavy atom. The lowest BCUT2D eigenvalue weighted by molar-refractivity contribution is 0.0572. The molecule has 6 nitrogen and oxygen atoms in total. The molecule has 6 heteroatoms. The van der Waals surface area contributed by atoms with Crippen molar-refractivity contribution in [1.82, 2.24) is 9.88 Å². The first-order valence-electron chi connectivity index (χ1n) is 5.72. The van der Waals surface area contributed by atoms with Gasteiger partial charge in [0.05, 0.1) is 30.6 Å². The van der Waals surface area contributed by atoms with Crippen LogP contribution in [0.15, 0.2) is 18.3 Å². The average Bonchev–Trinajstić information content (AvgIpc) is 2.68. The van der Waals surface area contributed by atoms with Crippen molar-refractivity contribution < 1.29 is 19.7 Å². The molecule has 1 aromatic heterocycles. The number of aromatic nitrogens is 1. The summed E-state index contributed by atoms with van der Waals surface area (Å²) in [6.07, 6.45) is 0.0723. The van der Waals surface area contributed by atoms with Crippen LogP contribution in [0.2, 0.25) is 0 Å². The second-order valence-corrected chi connectivity index (χ2v) is 4.36. The maximum atomic E-state index is 11.2. The highest BCUT2D eigenvalue weighted by Crippen LogP contribution is 2.13. The Hall–Kier alpha value is -1.50. The molecule has 1 fully saturated rings. The van der Waals surface area contributed by atoms with Gasteiger partial charge in [-0.25, -0.2) is 4.79 Å². The first-order chi connectivity index (χ1) is 8.60. The van der Waals surface area contributed by atoms with E-state index in [0.29, 0.717) is 25.2 Å². The Labute approximate surface area is 105 Å².